The molecule has 0 saturated heterocycles. The first-order chi connectivity index (χ1) is 10.3. The molecule has 1 heterocycles. The average molecular weight is 350 g/mol. The molecule has 0 atom stereocenters. The molecule has 0 aliphatic rings. The topological polar surface area (TPSA) is 133 Å². The quantitative estimate of drug-likeness (QED) is 0.626. The lowest BCUT2D eigenvalue weighted by molar-refractivity contribution is -2.00. The van der Waals surface area contributed by atoms with Crippen LogP contribution in [-0.4, -0.2) is 11.1 Å². The predicted molar refractivity (Wildman–Crippen MR) is 71.8 cm³/mol. The van der Waals surface area contributed by atoms with Gasteiger partial charge < -0.3 is 5.11 Å². The fourth-order valence-electron chi connectivity index (χ4n) is 2.24. The fraction of sp³-hybridized carbons (Fsp3) is 0.600. The second-order valence-corrected chi connectivity index (χ2v) is 6.62. The molecule has 7 nitrogen and oxygen atoms in total. The number of carbonyl (C=O) groups is 1. The second-order valence-electron chi connectivity index (χ2n) is 5.87. The number of carboxylic acid groups (broad SMARTS) is 1. The maximum Gasteiger partial charge on any atom is 0.309 e. The van der Waals surface area contributed by atoms with Gasteiger partial charge >= 0.3 is 5.97 Å². The van der Waals surface area contributed by atoms with Crippen molar-refractivity contribution < 1.29 is 43.3 Å². The first-order valence-electron chi connectivity index (χ1n) is 7.20. The summed E-state index contributed by atoms with van der Waals surface area (Å²) in [7, 11) is -4.94. The molecule has 0 amide bonds. The van der Waals surface area contributed by atoms with E-state index >= 15 is 0 Å². The molecule has 0 fully saturated rings. The van der Waals surface area contributed by atoms with E-state index in [0.717, 1.165) is 0 Å². The van der Waals surface area contributed by atoms with Gasteiger partial charge in [0.25, 0.3) is 0 Å². The van der Waals surface area contributed by atoms with Crippen LogP contribution in [-0.2, 0) is 11.3 Å². The van der Waals surface area contributed by atoms with Gasteiger partial charge in [-0.25, -0.2) is 18.6 Å². The van der Waals surface area contributed by atoms with Crippen LogP contribution in [0.25, 0.3) is 0 Å². The highest BCUT2D eigenvalue weighted by Gasteiger charge is 2.23. The molecule has 0 spiro atoms. The highest BCUT2D eigenvalue weighted by Crippen LogP contribution is 2.18. The maximum atomic E-state index is 10.8. The molecule has 0 saturated carbocycles. The van der Waals surface area contributed by atoms with Gasteiger partial charge in [-0.3, -0.25) is 4.79 Å². The third-order valence-electron chi connectivity index (χ3n) is 3.11. The minimum Gasteiger partial charge on any atom is -0.481 e. The van der Waals surface area contributed by atoms with Crippen molar-refractivity contribution in [3.8, 4) is 0 Å². The number of aryl methyl sites for hydroxylation is 1. The van der Waals surface area contributed by atoms with Gasteiger partial charge in [0.2, 0.25) is 0 Å². The summed E-state index contributed by atoms with van der Waals surface area (Å²) in [6.07, 6.45) is 0.174. The SMILES string of the molecule is Cc1cc(C(C)C)[n+](CCC(=O)O)c(C(C)C)c1.[O-][Cl+3]([O-])([O-])[O-]. The van der Waals surface area contributed by atoms with Crippen molar-refractivity contribution in [2.24, 2.45) is 0 Å². The molecule has 1 aromatic rings. The van der Waals surface area contributed by atoms with E-state index in [0.29, 0.717) is 18.4 Å². The molecular weight excluding hydrogens is 326 g/mol. The minimum atomic E-state index is -4.94. The van der Waals surface area contributed by atoms with Gasteiger partial charge in [-0.2, -0.15) is 4.57 Å². The van der Waals surface area contributed by atoms with Crippen LogP contribution in [0.15, 0.2) is 12.1 Å². The predicted octanol–water partition coefficient (Wildman–Crippen LogP) is -1.75. The molecule has 1 rings (SSSR count). The van der Waals surface area contributed by atoms with E-state index in [1.54, 1.807) is 0 Å². The van der Waals surface area contributed by atoms with Gasteiger partial charge in [-0.1, -0.05) is 27.7 Å². The maximum absolute atomic E-state index is 10.8. The van der Waals surface area contributed by atoms with Crippen molar-refractivity contribution in [3.05, 3.63) is 29.1 Å². The molecule has 0 radical (unpaired) electrons. The zero-order chi connectivity index (χ0) is 18.4. The van der Waals surface area contributed by atoms with Crippen LogP contribution in [0.4, 0.5) is 0 Å². The summed E-state index contributed by atoms with van der Waals surface area (Å²) >= 11 is 0. The lowest BCUT2D eigenvalue weighted by atomic mass is 10.0. The molecule has 1 aromatic heterocycles. The average Bonchev–Trinajstić information content (AvgIpc) is 2.33. The summed E-state index contributed by atoms with van der Waals surface area (Å²) in [4.78, 5) is 10.8. The Morgan fingerprint density at radius 1 is 1.09 bits per heavy atom. The molecule has 0 unspecified atom stereocenters. The zero-order valence-corrected chi connectivity index (χ0v) is 14.8. The third kappa shape index (κ3) is 9.47. The van der Waals surface area contributed by atoms with E-state index < -0.39 is 16.2 Å². The summed E-state index contributed by atoms with van der Waals surface area (Å²) in [5.74, 6) is 0.0554. The Hall–Kier alpha value is -1.25. The highest BCUT2D eigenvalue weighted by atomic mass is 35.7. The highest BCUT2D eigenvalue weighted by molar-refractivity contribution is 5.66. The largest absolute Gasteiger partial charge is 0.481 e. The van der Waals surface area contributed by atoms with Crippen LogP contribution in [0.1, 0.15) is 62.9 Å². The molecule has 1 N–H and O–H groups in total. The van der Waals surface area contributed by atoms with Gasteiger partial charge in [0.1, 0.15) is 6.42 Å². The second kappa shape index (κ2) is 9.14. The standard InChI is InChI=1S/C15H23NO2.ClHO4/c1-10(2)13-8-12(5)9-14(11(3)4)16(13)7-6-15(17)18;2-1(3,4)5/h8-11H,6-7H2,1-5H3;(H,2,3,4,5). The van der Waals surface area contributed by atoms with Crippen molar-refractivity contribution in [1.29, 1.82) is 0 Å². The third-order valence-corrected chi connectivity index (χ3v) is 3.11. The molecule has 132 valence electrons. The van der Waals surface area contributed by atoms with E-state index in [-0.39, 0.29) is 6.42 Å². The molecule has 8 heteroatoms. The number of hydrogen-bond acceptors (Lipinski definition) is 5. The first-order valence-corrected chi connectivity index (χ1v) is 8.44. The smallest absolute Gasteiger partial charge is 0.309 e. The van der Waals surface area contributed by atoms with Gasteiger partial charge in [0.05, 0.1) is 0 Å². The number of aromatic nitrogens is 1. The molecular formula is C15H24ClNO6. The molecule has 0 aliphatic carbocycles. The van der Waals surface area contributed by atoms with E-state index in [2.05, 4.69) is 51.3 Å². The van der Waals surface area contributed by atoms with E-state index in [1.807, 2.05) is 0 Å². The number of pyridine rings is 1. The summed E-state index contributed by atoms with van der Waals surface area (Å²) in [6.45, 7) is 11.2. The van der Waals surface area contributed by atoms with E-state index in [1.165, 1.54) is 17.0 Å². The van der Waals surface area contributed by atoms with Crippen LogP contribution >= 0.6 is 0 Å². The van der Waals surface area contributed by atoms with Crippen LogP contribution in [0.3, 0.4) is 0 Å². The van der Waals surface area contributed by atoms with Crippen LogP contribution in [0, 0.1) is 17.2 Å². The zero-order valence-electron chi connectivity index (χ0n) is 14.0. The lowest BCUT2D eigenvalue weighted by Gasteiger charge is -2.17. The van der Waals surface area contributed by atoms with Gasteiger partial charge in [0.15, 0.2) is 17.9 Å². The Kier molecular flexibility index (Phi) is 8.65. The van der Waals surface area contributed by atoms with Gasteiger partial charge in [-0.15, -0.1) is 10.2 Å². The number of nitrogens with zero attached hydrogens (tertiary/aromatic N) is 1. The Morgan fingerprint density at radius 3 is 1.70 bits per heavy atom. The fourth-order valence-corrected chi connectivity index (χ4v) is 2.24. The number of halogens is 1. The summed E-state index contributed by atoms with van der Waals surface area (Å²) in [5.41, 5.74) is 3.69. The Bertz CT molecular complexity index is 490. The Labute approximate surface area is 138 Å². The molecule has 0 bridgehead atoms. The lowest BCUT2D eigenvalue weighted by Crippen LogP contribution is -2.68. The van der Waals surface area contributed by atoms with Gasteiger partial charge in [-0.05, 0) is 12.5 Å². The van der Waals surface area contributed by atoms with Crippen LogP contribution < -0.4 is 23.2 Å². The number of rotatable bonds is 5. The number of aliphatic carboxylic acids is 1. The van der Waals surface area contributed by atoms with E-state index in [9.17, 15) is 4.79 Å². The molecule has 0 aliphatic heterocycles. The number of hydrogen-bond donors (Lipinski definition) is 1. The summed E-state index contributed by atoms with van der Waals surface area (Å²) < 4.78 is 36.1. The van der Waals surface area contributed by atoms with Crippen molar-refractivity contribution in [2.75, 3.05) is 0 Å². The normalized spacial score (nSPS) is 11.4. The van der Waals surface area contributed by atoms with Crippen LogP contribution in [0.2, 0.25) is 0 Å². The van der Waals surface area contributed by atoms with Crippen molar-refractivity contribution in [2.45, 2.75) is 59.4 Å². The van der Waals surface area contributed by atoms with Crippen molar-refractivity contribution >= 4 is 5.97 Å². The Balaban J connectivity index is 0.000000841. The van der Waals surface area contributed by atoms with Crippen molar-refractivity contribution in [1.82, 2.24) is 0 Å². The number of carboxylic acids is 1. The van der Waals surface area contributed by atoms with Crippen molar-refractivity contribution in [3.63, 3.8) is 0 Å². The van der Waals surface area contributed by atoms with E-state index in [4.69, 9.17) is 23.7 Å². The van der Waals surface area contributed by atoms with Gasteiger partial charge in [0, 0.05) is 24.0 Å². The molecule has 0 aromatic carbocycles. The monoisotopic (exact) mass is 349 g/mol. The Morgan fingerprint density at radius 2 is 1.43 bits per heavy atom. The summed E-state index contributed by atoms with van der Waals surface area (Å²) in [6, 6.07) is 4.33. The minimum absolute atomic E-state index is 0.174. The molecule has 23 heavy (non-hydrogen) atoms. The van der Waals surface area contributed by atoms with Crippen LogP contribution in [0.5, 0.6) is 0 Å². The summed E-state index contributed by atoms with van der Waals surface area (Å²) in [5, 5.41) is 8.88. The first kappa shape index (κ1) is 21.8.